The summed E-state index contributed by atoms with van der Waals surface area (Å²) in [6, 6.07) is 6.37. The van der Waals surface area contributed by atoms with Crippen molar-refractivity contribution in [3.05, 3.63) is 39.9 Å². The van der Waals surface area contributed by atoms with Crippen molar-refractivity contribution in [3.63, 3.8) is 0 Å². The second-order valence-electron chi connectivity index (χ2n) is 5.90. The van der Waals surface area contributed by atoms with Gasteiger partial charge in [0.1, 0.15) is 6.17 Å². The number of nitrogens with one attached hydrogen (secondary N) is 1. The largest absolute Gasteiger partial charge is 0.322 e. The molecule has 1 amide bonds. The van der Waals surface area contributed by atoms with E-state index in [2.05, 4.69) is 26.1 Å². The normalized spacial score (nSPS) is 20.1. The van der Waals surface area contributed by atoms with Gasteiger partial charge in [-0.2, -0.15) is 0 Å². The third kappa shape index (κ3) is 3.39. The van der Waals surface area contributed by atoms with Crippen molar-refractivity contribution in [2.24, 2.45) is 11.8 Å². The van der Waals surface area contributed by atoms with Gasteiger partial charge in [-0.3, -0.25) is 20.2 Å². The van der Waals surface area contributed by atoms with Crippen LogP contribution in [0.3, 0.4) is 0 Å². The molecule has 0 saturated carbocycles. The Morgan fingerprint density at radius 1 is 1.33 bits per heavy atom. The highest BCUT2D eigenvalue weighted by molar-refractivity contribution is 5.81. The molecule has 1 aliphatic heterocycles. The molecule has 1 heterocycles. The van der Waals surface area contributed by atoms with E-state index in [1.165, 1.54) is 12.1 Å². The van der Waals surface area contributed by atoms with Gasteiger partial charge >= 0.3 is 0 Å². The van der Waals surface area contributed by atoms with Crippen LogP contribution in [0.25, 0.3) is 0 Å². The summed E-state index contributed by atoms with van der Waals surface area (Å²) in [5.74, 6) is 0.969. The number of nitrogens with zero attached hydrogens (tertiary/aromatic N) is 2. The van der Waals surface area contributed by atoms with Gasteiger partial charge in [-0.15, -0.1) is 0 Å². The van der Waals surface area contributed by atoms with Gasteiger partial charge in [-0.05, 0) is 29.5 Å². The van der Waals surface area contributed by atoms with Crippen LogP contribution in [0.4, 0.5) is 5.69 Å². The highest BCUT2D eigenvalue weighted by Crippen LogP contribution is 2.26. The lowest BCUT2D eigenvalue weighted by Gasteiger charge is -2.29. The monoisotopic (exact) mass is 291 g/mol. The molecule has 1 N–H and O–H groups in total. The zero-order valence-electron chi connectivity index (χ0n) is 12.6. The maximum absolute atomic E-state index is 12.0. The van der Waals surface area contributed by atoms with Crippen LogP contribution in [0.5, 0.6) is 0 Å². The van der Waals surface area contributed by atoms with E-state index in [1.54, 1.807) is 12.1 Å². The van der Waals surface area contributed by atoms with Crippen LogP contribution in [0.1, 0.15) is 32.5 Å². The van der Waals surface area contributed by atoms with E-state index in [4.69, 9.17) is 0 Å². The molecule has 1 aliphatic rings. The summed E-state index contributed by atoms with van der Waals surface area (Å²) in [5, 5.41) is 13.9. The van der Waals surface area contributed by atoms with Crippen LogP contribution in [0.15, 0.2) is 24.3 Å². The fourth-order valence-corrected chi connectivity index (χ4v) is 2.34. The number of nitro benzene ring substituents is 1. The first-order valence-corrected chi connectivity index (χ1v) is 7.17. The van der Waals surface area contributed by atoms with Crippen LogP contribution in [0.2, 0.25) is 0 Å². The lowest BCUT2D eigenvalue weighted by atomic mass is 9.97. The Kier molecular flexibility index (Phi) is 4.57. The van der Waals surface area contributed by atoms with Crippen LogP contribution >= 0.6 is 0 Å². The Balaban J connectivity index is 2.17. The topological polar surface area (TPSA) is 75.5 Å². The molecule has 114 valence electrons. The van der Waals surface area contributed by atoms with Gasteiger partial charge in [0.2, 0.25) is 5.91 Å². The molecule has 1 aromatic carbocycles. The average Bonchev–Trinajstić information content (AvgIpc) is 2.80. The number of nitro groups is 1. The molecule has 2 unspecified atom stereocenters. The van der Waals surface area contributed by atoms with Crippen LogP contribution in [-0.4, -0.2) is 28.8 Å². The number of amides is 1. The average molecular weight is 291 g/mol. The van der Waals surface area contributed by atoms with Crippen molar-refractivity contribution in [1.29, 1.82) is 0 Å². The summed E-state index contributed by atoms with van der Waals surface area (Å²) >= 11 is 0. The number of carbonyl (C=O) groups is 1. The molecule has 0 spiro atoms. The summed E-state index contributed by atoms with van der Waals surface area (Å²) < 4.78 is 0. The first-order chi connectivity index (χ1) is 9.90. The van der Waals surface area contributed by atoms with Crippen LogP contribution in [-0.2, 0) is 4.79 Å². The molecular weight excluding hydrogens is 270 g/mol. The molecule has 1 fully saturated rings. The van der Waals surface area contributed by atoms with Crippen LogP contribution in [0, 0.1) is 22.0 Å². The lowest BCUT2D eigenvalue weighted by Crippen LogP contribution is -2.35. The maximum Gasteiger partial charge on any atom is 0.269 e. The molecule has 0 aliphatic carbocycles. The van der Waals surface area contributed by atoms with Gasteiger partial charge in [0.15, 0.2) is 0 Å². The molecule has 21 heavy (non-hydrogen) atoms. The minimum absolute atomic E-state index is 0.0603. The molecule has 0 bridgehead atoms. The molecule has 2 rings (SSSR count). The number of carbonyl (C=O) groups excluding carboxylic acids is 1. The Bertz CT molecular complexity index is 527. The summed E-state index contributed by atoms with van der Waals surface area (Å²) in [6.45, 7) is 7.40. The number of rotatable bonds is 5. The van der Waals surface area contributed by atoms with Crippen molar-refractivity contribution in [3.8, 4) is 0 Å². The van der Waals surface area contributed by atoms with E-state index in [1.807, 2.05) is 4.90 Å². The molecule has 0 radical (unpaired) electrons. The van der Waals surface area contributed by atoms with Gasteiger partial charge in [0.05, 0.1) is 11.5 Å². The van der Waals surface area contributed by atoms with E-state index >= 15 is 0 Å². The Hall–Kier alpha value is -1.95. The third-order valence-corrected chi connectivity index (χ3v) is 4.12. The fraction of sp³-hybridized carbons (Fsp3) is 0.533. The smallest absolute Gasteiger partial charge is 0.269 e. The van der Waals surface area contributed by atoms with Crippen molar-refractivity contribution in [2.45, 2.75) is 26.9 Å². The summed E-state index contributed by atoms with van der Waals surface area (Å²) in [7, 11) is 0. The summed E-state index contributed by atoms with van der Waals surface area (Å²) in [5.41, 5.74) is 0.938. The molecule has 1 saturated heterocycles. The van der Waals surface area contributed by atoms with Gasteiger partial charge in [0.25, 0.3) is 5.69 Å². The highest BCUT2D eigenvalue weighted by Gasteiger charge is 2.32. The van der Waals surface area contributed by atoms with Crippen molar-refractivity contribution >= 4 is 11.6 Å². The maximum atomic E-state index is 12.0. The van der Waals surface area contributed by atoms with Crippen molar-refractivity contribution in [1.82, 2.24) is 10.2 Å². The van der Waals surface area contributed by atoms with Gasteiger partial charge < -0.3 is 4.90 Å². The van der Waals surface area contributed by atoms with E-state index < -0.39 is 4.92 Å². The molecule has 6 nitrogen and oxygen atoms in total. The van der Waals surface area contributed by atoms with Gasteiger partial charge in [0, 0.05) is 18.7 Å². The van der Waals surface area contributed by atoms with Gasteiger partial charge in [-0.1, -0.05) is 20.8 Å². The molecule has 6 heteroatoms. The Morgan fingerprint density at radius 3 is 2.48 bits per heavy atom. The molecule has 1 aromatic rings. The number of hydrogen-bond donors (Lipinski definition) is 1. The number of non-ortho nitro benzene ring substituents is 1. The number of benzene rings is 1. The first kappa shape index (κ1) is 15.4. The Morgan fingerprint density at radius 2 is 1.95 bits per heavy atom. The van der Waals surface area contributed by atoms with Crippen LogP contribution < -0.4 is 5.32 Å². The third-order valence-electron chi connectivity index (χ3n) is 4.12. The second-order valence-corrected chi connectivity index (χ2v) is 5.90. The standard InChI is InChI=1S/C15H21N3O3/c1-10(2)11(3)9-17-14(19)8-16-15(17)12-4-6-13(7-5-12)18(20)21/h4-7,10-11,15-16H,8-9H2,1-3H3. The predicted molar refractivity (Wildman–Crippen MR) is 79.6 cm³/mol. The minimum Gasteiger partial charge on any atom is -0.322 e. The van der Waals surface area contributed by atoms with E-state index in [-0.39, 0.29) is 17.8 Å². The van der Waals surface area contributed by atoms with Gasteiger partial charge in [-0.25, -0.2) is 0 Å². The predicted octanol–water partition coefficient (Wildman–Crippen LogP) is 2.32. The second kappa shape index (κ2) is 6.22. The van der Waals surface area contributed by atoms with E-state index in [9.17, 15) is 14.9 Å². The summed E-state index contributed by atoms with van der Waals surface area (Å²) in [6.07, 6.45) is -0.195. The van der Waals surface area contributed by atoms with Crippen molar-refractivity contribution < 1.29 is 9.72 Å². The number of hydrogen-bond acceptors (Lipinski definition) is 4. The molecule has 0 aromatic heterocycles. The molecule has 2 atom stereocenters. The SMILES string of the molecule is CC(C)C(C)CN1C(=O)CNC1c1ccc([N+](=O)[O-])cc1. The molecular formula is C15H21N3O3. The zero-order chi connectivity index (χ0) is 15.6. The summed E-state index contributed by atoms with van der Waals surface area (Å²) in [4.78, 5) is 24.1. The van der Waals surface area contributed by atoms with E-state index in [0.29, 0.717) is 24.9 Å². The van der Waals surface area contributed by atoms with E-state index in [0.717, 1.165) is 5.56 Å². The highest BCUT2D eigenvalue weighted by atomic mass is 16.6. The fourth-order valence-electron chi connectivity index (χ4n) is 2.34. The van der Waals surface area contributed by atoms with Crippen molar-refractivity contribution in [2.75, 3.05) is 13.1 Å². The first-order valence-electron chi connectivity index (χ1n) is 7.17. The lowest BCUT2D eigenvalue weighted by molar-refractivity contribution is -0.384. The quantitative estimate of drug-likeness (QED) is 0.667. The zero-order valence-corrected chi connectivity index (χ0v) is 12.6. The Labute approximate surface area is 124 Å². The minimum atomic E-state index is -0.421.